The van der Waals surface area contributed by atoms with Gasteiger partial charge in [0.15, 0.2) is 6.61 Å². The van der Waals surface area contributed by atoms with Gasteiger partial charge >= 0.3 is 5.97 Å². The van der Waals surface area contributed by atoms with Crippen LogP contribution in [0.2, 0.25) is 0 Å². The van der Waals surface area contributed by atoms with Crippen molar-refractivity contribution in [2.75, 3.05) is 19.0 Å². The van der Waals surface area contributed by atoms with Crippen molar-refractivity contribution >= 4 is 23.5 Å². The molecule has 7 heteroatoms. The number of ether oxygens (including phenoxy) is 1. The first-order valence-corrected chi connectivity index (χ1v) is 6.98. The number of carboxylic acids is 1. The van der Waals surface area contributed by atoms with Crippen LogP contribution in [0, 0.1) is 11.8 Å². The Bertz CT molecular complexity index is 570. The Hall–Kier alpha value is -2.57. The van der Waals surface area contributed by atoms with Gasteiger partial charge in [0.05, 0.1) is 11.8 Å². The lowest BCUT2D eigenvalue weighted by molar-refractivity contribution is -0.151. The molecule has 1 aromatic carbocycles. The summed E-state index contributed by atoms with van der Waals surface area (Å²) in [6, 6.07) is 6.55. The molecule has 0 saturated heterocycles. The van der Waals surface area contributed by atoms with Gasteiger partial charge in [0, 0.05) is 12.7 Å². The smallest absolute Gasteiger partial charge is 0.307 e. The Morgan fingerprint density at radius 1 is 1.18 bits per heavy atom. The largest absolute Gasteiger partial charge is 0.484 e. The summed E-state index contributed by atoms with van der Waals surface area (Å²) in [7, 11) is 1.52. The summed E-state index contributed by atoms with van der Waals surface area (Å²) in [5.74, 6) is -1.99. The normalized spacial score (nSPS) is 19.7. The van der Waals surface area contributed by atoms with E-state index in [0.717, 1.165) is 0 Å². The summed E-state index contributed by atoms with van der Waals surface area (Å²) in [6.45, 7) is -0.0788. The second-order valence-corrected chi connectivity index (χ2v) is 5.10. The predicted octanol–water partition coefficient (Wildman–Crippen LogP) is 0.861. The summed E-state index contributed by atoms with van der Waals surface area (Å²) in [4.78, 5) is 34.0. The number of amides is 2. The summed E-state index contributed by atoms with van der Waals surface area (Å²) in [5.41, 5.74) is 0.563. The molecule has 1 fully saturated rings. The molecule has 0 aliphatic heterocycles. The van der Waals surface area contributed by atoms with Gasteiger partial charge in [-0.2, -0.15) is 0 Å². The maximum Gasteiger partial charge on any atom is 0.307 e. The molecule has 7 nitrogen and oxygen atoms in total. The maximum absolute atomic E-state index is 12.0. The highest BCUT2D eigenvalue weighted by atomic mass is 16.5. The van der Waals surface area contributed by atoms with Crippen LogP contribution < -0.4 is 15.4 Å². The molecule has 22 heavy (non-hydrogen) atoms. The number of nitrogens with one attached hydrogen (secondary N) is 2. The van der Waals surface area contributed by atoms with E-state index in [9.17, 15) is 14.4 Å². The summed E-state index contributed by atoms with van der Waals surface area (Å²) in [5, 5.41) is 14.1. The van der Waals surface area contributed by atoms with Gasteiger partial charge in [-0.3, -0.25) is 14.4 Å². The molecule has 2 amide bonds. The van der Waals surface area contributed by atoms with Crippen molar-refractivity contribution in [3.05, 3.63) is 24.3 Å². The molecule has 0 bridgehead atoms. The molecule has 2 atom stereocenters. The number of benzene rings is 1. The van der Waals surface area contributed by atoms with Gasteiger partial charge in [-0.05, 0) is 37.1 Å². The Labute approximate surface area is 127 Å². The third kappa shape index (κ3) is 3.75. The molecule has 0 aromatic heterocycles. The Morgan fingerprint density at radius 3 is 2.32 bits per heavy atom. The summed E-state index contributed by atoms with van der Waals surface area (Å²) >= 11 is 0. The molecule has 1 aliphatic carbocycles. The minimum Gasteiger partial charge on any atom is -0.484 e. The molecular formula is C15H18N2O5. The van der Waals surface area contributed by atoms with Gasteiger partial charge in [-0.15, -0.1) is 0 Å². The van der Waals surface area contributed by atoms with E-state index in [1.165, 1.54) is 7.05 Å². The lowest BCUT2D eigenvalue weighted by atomic mass is 9.73. The third-order valence-corrected chi connectivity index (χ3v) is 3.70. The fourth-order valence-electron chi connectivity index (χ4n) is 2.20. The molecule has 0 spiro atoms. The van der Waals surface area contributed by atoms with Crippen molar-refractivity contribution in [2.45, 2.75) is 12.8 Å². The van der Waals surface area contributed by atoms with Gasteiger partial charge < -0.3 is 20.5 Å². The standard InChI is InChI=1S/C15H18N2O5/c1-16-13(18)8-22-10-4-2-9(3-5-10)17-14(19)11-6-7-12(11)15(20)21/h2-5,11-12H,6-8H2,1H3,(H,16,18)(H,17,19)(H,20,21). The van der Waals surface area contributed by atoms with Crippen molar-refractivity contribution in [1.82, 2.24) is 5.32 Å². The van der Waals surface area contributed by atoms with Crippen LogP contribution in [0.5, 0.6) is 5.75 Å². The number of likely N-dealkylation sites (N-methyl/N-ethyl adjacent to an activating group) is 1. The van der Waals surface area contributed by atoms with E-state index in [-0.39, 0.29) is 18.4 Å². The highest BCUT2D eigenvalue weighted by Crippen LogP contribution is 2.35. The van der Waals surface area contributed by atoms with Crippen LogP contribution in [-0.4, -0.2) is 36.5 Å². The van der Waals surface area contributed by atoms with Gasteiger partial charge in [-0.1, -0.05) is 0 Å². The van der Waals surface area contributed by atoms with Crippen LogP contribution in [0.4, 0.5) is 5.69 Å². The van der Waals surface area contributed by atoms with Crippen LogP contribution in [0.3, 0.4) is 0 Å². The van der Waals surface area contributed by atoms with E-state index in [2.05, 4.69) is 10.6 Å². The van der Waals surface area contributed by atoms with Crippen LogP contribution in [0.25, 0.3) is 0 Å². The molecule has 0 radical (unpaired) electrons. The Morgan fingerprint density at radius 2 is 1.82 bits per heavy atom. The number of carboxylic acid groups (broad SMARTS) is 1. The van der Waals surface area contributed by atoms with Gasteiger partial charge in [0.1, 0.15) is 5.75 Å². The second kappa shape index (κ2) is 6.93. The number of anilines is 1. The SMILES string of the molecule is CNC(=O)COc1ccc(NC(=O)C2CCC2C(=O)O)cc1. The minimum atomic E-state index is -0.927. The molecule has 1 aliphatic rings. The number of hydrogen-bond acceptors (Lipinski definition) is 4. The molecule has 2 rings (SSSR count). The zero-order chi connectivity index (χ0) is 16.1. The predicted molar refractivity (Wildman–Crippen MR) is 78.5 cm³/mol. The lowest BCUT2D eigenvalue weighted by Gasteiger charge is -2.31. The number of carbonyl (C=O) groups excluding carboxylic acids is 2. The van der Waals surface area contributed by atoms with E-state index in [1.807, 2.05) is 0 Å². The van der Waals surface area contributed by atoms with Gasteiger partial charge in [0.25, 0.3) is 5.91 Å². The van der Waals surface area contributed by atoms with E-state index in [0.29, 0.717) is 24.3 Å². The summed E-state index contributed by atoms with van der Waals surface area (Å²) < 4.78 is 5.24. The molecule has 1 saturated carbocycles. The lowest BCUT2D eigenvalue weighted by Crippen LogP contribution is -2.41. The van der Waals surface area contributed by atoms with Crippen LogP contribution >= 0.6 is 0 Å². The molecule has 1 aromatic rings. The zero-order valence-electron chi connectivity index (χ0n) is 12.2. The molecule has 0 heterocycles. The van der Waals surface area contributed by atoms with Crippen molar-refractivity contribution < 1.29 is 24.2 Å². The van der Waals surface area contributed by atoms with Crippen LogP contribution in [0.15, 0.2) is 24.3 Å². The summed E-state index contributed by atoms with van der Waals surface area (Å²) in [6.07, 6.45) is 1.13. The second-order valence-electron chi connectivity index (χ2n) is 5.10. The van der Waals surface area contributed by atoms with E-state index in [1.54, 1.807) is 24.3 Å². The fourth-order valence-corrected chi connectivity index (χ4v) is 2.20. The van der Waals surface area contributed by atoms with Crippen molar-refractivity contribution in [1.29, 1.82) is 0 Å². The van der Waals surface area contributed by atoms with Crippen molar-refractivity contribution in [3.63, 3.8) is 0 Å². The van der Waals surface area contributed by atoms with E-state index in [4.69, 9.17) is 9.84 Å². The topological polar surface area (TPSA) is 105 Å². The highest BCUT2D eigenvalue weighted by molar-refractivity contribution is 5.96. The first-order chi connectivity index (χ1) is 10.5. The first kappa shape index (κ1) is 15.8. The number of aliphatic carboxylic acids is 1. The number of hydrogen-bond donors (Lipinski definition) is 3. The fraction of sp³-hybridized carbons (Fsp3) is 0.400. The monoisotopic (exact) mass is 306 g/mol. The van der Waals surface area contributed by atoms with E-state index < -0.39 is 17.8 Å². The molecular weight excluding hydrogens is 288 g/mol. The van der Waals surface area contributed by atoms with Crippen molar-refractivity contribution in [2.24, 2.45) is 11.8 Å². The average molecular weight is 306 g/mol. The highest BCUT2D eigenvalue weighted by Gasteiger charge is 2.41. The van der Waals surface area contributed by atoms with E-state index >= 15 is 0 Å². The first-order valence-electron chi connectivity index (χ1n) is 6.98. The zero-order valence-corrected chi connectivity index (χ0v) is 12.2. The minimum absolute atomic E-state index is 0.0788. The molecule has 3 N–H and O–H groups in total. The average Bonchev–Trinajstić information content (AvgIpc) is 2.44. The van der Waals surface area contributed by atoms with Crippen LogP contribution in [0.1, 0.15) is 12.8 Å². The Kier molecular flexibility index (Phi) is 4.98. The van der Waals surface area contributed by atoms with Gasteiger partial charge in [0.2, 0.25) is 5.91 Å². The Balaban J connectivity index is 1.87. The van der Waals surface area contributed by atoms with Crippen LogP contribution in [-0.2, 0) is 14.4 Å². The quantitative estimate of drug-likeness (QED) is 0.723. The van der Waals surface area contributed by atoms with Crippen molar-refractivity contribution in [3.8, 4) is 5.75 Å². The number of carbonyl (C=O) groups is 3. The van der Waals surface area contributed by atoms with Gasteiger partial charge in [-0.25, -0.2) is 0 Å². The molecule has 2 unspecified atom stereocenters. The maximum atomic E-state index is 12.0. The third-order valence-electron chi connectivity index (χ3n) is 3.70. The number of rotatable bonds is 6. The molecule has 118 valence electrons.